The first-order valence-corrected chi connectivity index (χ1v) is 21.3. The highest BCUT2D eigenvalue weighted by molar-refractivity contribution is 7.99. The standard InChI is InChI=1S/C54H34N2S2/c1-3-16-39(17-4-1)55(41-24-22-35-12-7-9-14-37(35)30-41)43-26-28-45-48-34-52-53(47-20-11-21-49(54(47)48)57-50(45)32-43)46-29-27-44(33-51(46)58-52)56(40-18-5-2-6-19-40)42-25-23-36-13-8-10-15-38(36)31-42/h1-34H. The molecule has 10 aromatic carbocycles. The SMILES string of the molecule is c1ccc(N(c2ccc3c(c2)Sc2cccc4c2c-3cc2sc3cc(N(c5ccccc5)c5ccc6ccccc6c5)ccc3c24)c2ccc3ccccc3c2)cc1. The lowest BCUT2D eigenvalue weighted by Gasteiger charge is -2.28. The Morgan fingerprint density at radius 3 is 1.50 bits per heavy atom. The summed E-state index contributed by atoms with van der Waals surface area (Å²) in [4.78, 5) is 7.34. The Bertz CT molecular complexity index is 3390. The molecule has 12 rings (SSSR count). The second kappa shape index (κ2) is 13.4. The molecule has 272 valence electrons. The summed E-state index contributed by atoms with van der Waals surface area (Å²) in [7, 11) is 0. The highest BCUT2D eigenvalue weighted by Gasteiger charge is 2.25. The lowest BCUT2D eigenvalue weighted by Crippen LogP contribution is -2.10. The van der Waals surface area contributed by atoms with Crippen molar-refractivity contribution in [2.75, 3.05) is 9.80 Å². The van der Waals surface area contributed by atoms with Crippen LogP contribution in [0, 0.1) is 0 Å². The number of anilines is 6. The molecule has 0 unspecified atom stereocenters. The van der Waals surface area contributed by atoms with E-state index in [0.29, 0.717) is 0 Å². The van der Waals surface area contributed by atoms with E-state index in [0.717, 1.165) is 34.1 Å². The molecule has 1 aliphatic heterocycles. The third kappa shape index (κ3) is 5.41. The molecule has 0 radical (unpaired) electrons. The van der Waals surface area contributed by atoms with Crippen LogP contribution in [0.15, 0.2) is 216 Å². The van der Waals surface area contributed by atoms with Gasteiger partial charge in [-0.15, -0.1) is 11.3 Å². The molecule has 2 heterocycles. The molecule has 0 aliphatic carbocycles. The van der Waals surface area contributed by atoms with Crippen molar-refractivity contribution in [3.8, 4) is 11.1 Å². The summed E-state index contributed by atoms with van der Waals surface area (Å²) in [6.07, 6.45) is 0. The number of para-hydroxylation sites is 2. The van der Waals surface area contributed by atoms with Crippen LogP contribution in [-0.2, 0) is 0 Å². The highest BCUT2D eigenvalue weighted by atomic mass is 32.2. The third-order valence-electron chi connectivity index (χ3n) is 11.5. The van der Waals surface area contributed by atoms with E-state index in [1.54, 1.807) is 0 Å². The number of benzene rings is 10. The van der Waals surface area contributed by atoms with Crippen molar-refractivity contribution in [3.63, 3.8) is 0 Å². The number of hydrogen-bond acceptors (Lipinski definition) is 4. The van der Waals surface area contributed by atoms with Crippen molar-refractivity contribution in [1.82, 2.24) is 0 Å². The Morgan fingerprint density at radius 1 is 0.293 bits per heavy atom. The topological polar surface area (TPSA) is 6.48 Å². The summed E-state index contributed by atoms with van der Waals surface area (Å²) in [5, 5.41) is 10.3. The zero-order valence-electron chi connectivity index (χ0n) is 31.3. The van der Waals surface area contributed by atoms with Crippen LogP contribution in [-0.4, -0.2) is 0 Å². The molecule has 1 aromatic heterocycles. The first-order valence-electron chi connectivity index (χ1n) is 19.7. The molecule has 0 N–H and O–H groups in total. The largest absolute Gasteiger partial charge is 0.310 e. The Balaban J connectivity index is 0.999. The van der Waals surface area contributed by atoms with Crippen molar-refractivity contribution in [3.05, 3.63) is 206 Å². The molecular weight excluding hydrogens is 741 g/mol. The number of thiophene rings is 1. The minimum atomic E-state index is 1.14. The van der Waals surface area contributed by atoms with Gasteiger partial charge in [-0.25, -0.2) is 0 Å². The van der Waals surface area contributed by atoms with E-state index in [4.69, 9.17) is 0 Å². The van der Waals surface area contributed by atoms with Gasteiger partial charge in [-0.2, -0.15) is 0 Å². The van der Waals surface area contributed by atoms with Crippen LogP contribution >= 0.6 is 23.1 Å². The summed E-state index contributed by atoms with van der Waals surface area (Å²) in [6.45, 7) is 0. The number of nitrogens with zero attached hydrogens (tertiary/aromatic N) is 2. The van der Waals surface area contributed by atoms with Crippen LogP contribution < -0.4 is 9.80 Å². The van der Waals surface area contributed by atoms with Gasteiger partial charge in [0.05, 0.1) is 0 Å². The average molecular weight is 775 g/mol. The Kier molecular flexibility index (Phi) is 7.68. The van der Waals surface area contributed by atoms with Crippen LogP contribution in [0.5, 0.6) is 0 Å². The predicted molar refractivity (Wildman–Crippen MR) is 251 cm³/mol. The highest BCUT2D eigenvalue weighted by Crippen LogP contribution is 2.53. The van der Waals surface area contributed by atoms with Crippen LogP contribution in [0.4, 0.5) is 34.1 Å². The molecule has 4 heteroatoms. The minimum Gasteiger partial charge on any atom is -0.310 e. The van der Waals surface area contributed by atoms with Gasteiger partial charge in [-0.05, 0) is 123 Å². The average Bonchev–Trinajstić information content (AvgIpc) is 3.65. The number of fused-ring (bicyclic) bond motifs is 8. The summed E-state index contributed by atoms with van der Waals surface area (Å²) in [5.74, 6) is 0. The Hall–Kier alpha value is -6.85. The zero-order chi connectivity index (χ0) is 38.2. The zero-order valence-corrected chi connectivity index (χ0v) is 33.0. The smallest absolute Gasteiger partial charge is 0.0476 e. The molecule has 11 aromatic rings. The maximum Gasteiger partial charge on any atom is 0.0476 e. The van der Waals surface area contributed by atoms with Crippen molar-refractivity contribution in [1.29, 1.82) is 0 Å². The fraction of sp³-hybridized carbons (Fsp3) is 0. The van der Waals surface area contributed by atoms with Gasteiger partial charge in [0, 0.05) is 69.5 Å². The molecule has 0 spiro atoms. The van der Waals surface area contributed by atoms with Gasteiger partial charge in [-0.1, -0.05) is 133 Å². The van der Waals surface area contributed by atoms with Crippen LogP contribution in [0.25, 0.3) is 63.6 Å². The lowest BCUT2D eigenvalue weighted by molar-refractivity contribution is 1.26. The summed E-state index contributed by atoms with van der Waals surface area (Å²) >= 11 is 3.79. The van der Waals surface area contributed by atoms with Gasteiger partial charge in [0.2, 0.25) is 0 Å². The fourth-order valence-corrected chi connectivity index (χ4v) is 11.3. The van der Waals surface area contributed by atoms with E-state index < -0.39 is 0 Å². The van der Waals surface area contributed by atoms with Crippen LogP contribution in [0.3, 0.4) is 0 Å². The number of rotatable bonds is 6. The van der Waals surface area contributed by atoms with E-state index in [1.165, 1.54) is 73.4 Å². The van der Waals surface area contributed by atoms with Gasteiger partial charge in [-0.3, -0.25) is 0 Å². The third-order valence-corrected chi connectivity index (χ3v) is 13.8. The molecule has 2 nitrogen and oxygen atoms in total. The second-order valence-corrected chi connectivity index (χ2v) is 17.1. The molecule has 0 atom stereocenters. The van der Waals surface area contributed by atoms with Crippen molar-refractivity contribution < 1.29 is 0 Å². The first kappa shape index (κ1) is 33.3. The predicted octanol–water partition coefficient (Wildman–Crippen LogP) is 16.6. The maximum absolute atomic E-state index is 2.46. The Morgan fingerprint density at radius 2 is 0.845 bits per heavy atom. The first-order chi connectivity index (χ1) is 28.7. The van der Waals surface area contributed by atoms with E-state index in [2.05, 4.69) is 216 Å². The normalized spacial score (nSPS) is 12.1. The quantitative estimate of drug-likeness (QED) is 0.166. The van der Waals surface area contributed by atoms with E-state index in [9.17, 15) is 0 Å². The van der Waals surface area contributed by atoms with E-state index in [-0.39, 0.29) is 0 Å². The van der Waals surface area contributed by atoms with Gasteiger partial charge >= 0.3 is 0 Å². The van der Waals surface area contributed by atoms with E-state index >= 15 is 0 Å². The second-order valence-electron chi connectivity index (χ2n) is 14.9. The van der Waals surface area contributed by atoms with Crippen molar-refractivity contribution >= 4 is 110 Å². The summed E-state index contributed by atoms with van der Waals surface area (Å²) in [5.41, 5.74) is 9.46. The maximum atomic E-state index is 2.46. The Labute approximate surface area is 344 Å². The molecule has 58 heavy (non-hydrogen) atoms. The molecule has 0 saturated carbocycles. The summed E-state index contributed by atoms with van der Waals surface area (Å²) in [6, 6.07) is 75.5. The van der Waals surface area contributed by atoms with Gasteiger partial charge < -0.3 is 9.80 Å². The van der Waals surface area contributed by atoms with Gasteiger partial charge in [0.25, 0.3) is 0 Å². The molecule has 0 saturated heterocycles. The van der Waals surface area contributed by atoms with Gasteiger partial charge in [0.1, 0.15) is 0 Å². The number of hydrogen-bond donors (Lipinski definition) is 0. The monoisotopic (exact) mass is 774 g/mol. The molecule has 0 fully saturated rings. The molecular formula is C54H34N2S2. The molecule has 0 amide bonds. The van der Waals surface area contributed by atoms with Crippen LogP contribution in [0.2, 0.25) is 0 Å². The van der Waals surface area contributed by atoms with Crippen LogP contribution in [0.1, 0.15) is 0 Å². The van der Waals surface area contributed by atoms with Crippen molar-refractivity contribution in [2.45, 2.75) is 9.79 Å². The fourth-order valence-electron chi connectivity index (χ4n) is 8.90. The summed E-state index contributed by atoms with van der Waals surface area (Å²) < 4.78 is 2.60. The van der Waals surface area contributed by atoms with Crippen molar-refractivity contribution in [2.24, 2.45) is 0 Å². The lowest BCUT2D eigenvalue weighted by atomic mass is 9.94. The van der Waals surface area contributed by atoms with Gasteiger partial charge in [0.15, 0.2) is 0 Å². The van der Waals surface area contributed by atoms with E-state index in [1.807, 2.05) is 23.1 Å². The molecule has 0 bridgehead atoms. The molecule has 1 aliphatic rings. The minimum absolute atomic E-state index is 1.14.